The van der Waals surface area contributed by atoms with Gasteiger partial charge in [-0.15, -0.1) is 0 Å². The monoisotopic (exact) mass is 485 g/mol. The topological polar surface area (TPSA) is 87.5 Å². The average Bonchev–Trinajstić information content (AvgIpc) is 3.23. The van der Waals surface area contributed by atoms with Crippen LogP contribution >= 0.6 is 23.2 Å². The summed E-state index contributed by atoms with van der Waals surface area (Å²) < 4.78 is 25.6. The molecule has 0 aliphatic carbocycles. The number of amides is 2. The van der Waals surface area contributed by atoms with Gasteiger partial charge in [0.15, 0.2) is 9.84 Å². The third-order valence-electron chi connectivity index (χ3n) is 5.90. The van der Waals surface area contributed by atoms with Gasteiger partial charge in [0.05, 0.1) is 44.7 Å². The number of carbonyl (C=O) groups is 1. The van der Waals surface area contributed by atoms with E-state index >= 15 is 0 Å². The number of carbonyl (C=O) groups excluding carboxylic acids is 1. The van der Waals surface area contributed by atoms with Gasteiger partial charge in [-0.05, 0) is 38.5 Å². The summed E-state index contributed by atoms with van der Waals surface area (Å²) in [5.41, 5.74) is 3.50. The summed E-state index contributed by atoms with van der Waals surface area (Å²) in [6.45, 7) is 6.41. The first-order valence-electron chi connectivity index (χ1n) is 10.2. The molecule has 0 radical (unpaired) electrons. The van der Waals surface area contributed by atoms with Crippen LogP contribution in [0, 0.1) is 13.8 Å². The molecule has 2 saturated heterocycles. The predicted octanol–water partition coefficient (Wildman–Crippen LogP) is 3.52. The number of anilines is 2. The Hall–Kier alpha value is -1.97. The number of hydrogen-bond donors (Lipinski definition) is 1. The second kappa shape index (κ2) is 8.52. The molecule has 0 spiro atoms. The Labute approximate surface area is 192 Å². The maximum absolute atomic E-state index is 12.6. The fourth-order valence-electron chi connectivity index (χ4n) is 4.35. The molecule has 2 aromatic rings. The van der Waals surface area contributed by atoms with Crippen molar-refractivity contribution in [3.63, 3.8) is 0 Å². The normalized spacial score (nSPS) is 20.8. The molecule has 1 aromatic heterocycles. The Morgan fingerprint density at radius 2 is 1.84 bits per heavy atom. The zero-order chi connectivity index (χ0) is 22.3. The van der Waals surface area contributed by atoms with Crippen LogP contribution in [0.2, 0.25) is 10.0 Å². The van der Waals surface area contributed by atoms with Crippen LogP contribution in [0.4, 0.5) is 16.2 Å². The maximum atomic E-state index is 12.6. The highest BCUT2D eigenvalue weighted by atomic mass is 35.5. The summed E-state index contributed by atoms with van der Waals surface area (Å²) in [6.07, 6.45) is 0.604. The molecule has 2 aliphatic heterocycles. The molecule has 4 rings (SSSR count). The van der Waals surface area contributed by atoms with E-state index < -0.39 is 9.84 Å². The molecule has 1 N–H and O–H groups in total. The van der Waals surface area contributed by atoms with E-state index in [-0.39, 0.29) is 23.6 Å². The Morgan fingerprint density at radius 3 is 2.45 bits per heavy atom. The molecular formula is C20H25Cl2N5O3S. The highest BCUT2D eigenvalue weighted by Gasteiger charge is 2.33. The van der Waals surface area contributed by atoms with Crippen molar-refractivity contribution >= 4 is 50.4 Å². The summed E-state index contributed by atoms with van der Waals surface area (Å²) in [6, 6.07) is 4.71. The molecule has 2 amide bonds. The number of piperazine rings is 1. The van der Waals surface area contributed by atoms with Crippen molar-refractivity contribution in [2.24, 2.45) is 0 Å². The lowest BCUT2D eigenvalue weighted by Gasteiger charge is -2.36. The first-order chi connectivity index (χ1) is 14.6. The Morgan fingerprint density at radius 1 is 1.13 bits per heavy atom. The van der Waals surface area contributed by atoms with Crippen molar-refractivity contribution in [2.75, 3.05) is 47.9 Å². The molecule has 3 heterocycles. The van der Waals surface area contributed by atoms with Crippen LogP contribution in [0.15, 0.2) is 18.2 Å². The molecule has 0 bridgehead atoms. The number of halogens is 2. The highest BCUT2D eigenvalue weighted by molar-refractivity contribution is 7.91. The number of sulfone groups is 1. The molecule has 2 aliphatic rings. The molecule has 1 unspecified atom stereocenters. The van der Waals surface area contributed by atoms with Gasteiger partial charge in [0.25, 0.3) is 0 Å². The Bertz CT molecular complexity index is 1110. The van der Waals surface area contributed by atoms with E-state index in [4.69, 9.17) is 23.2 Å². The van der Waals surface area contributed by atoms with Gasteiger partial charge >= 0.3 is 6.03 Å². The van der Waals surface area contributed by atoms with Crippen LogP contribution in [0.25, 0.3) is 0 Å². The Kier molecular flexibility index (Phi) is 6.11. The first-order valence-corrected chi connectivity index (χ1v) is 12.7. The van der Waals surface area contributed by atoms with Crippen molar-refractivity contribution in [1.29, 1.82) is 0 Å². The van der Waals surface area contributed by atoms with E-state index in [1.807, 2.05) is 18.5 Å². The summed E-state index contributed by atoms with van der Waals surface area (Å²) in [5.74, 6) is 0.370. The zero-order valence-corrected chi connectivity index (χ0v) is 19.8. The van der Waals surface area contributed by atoms with Crippen molar-refractivity contribution in [3.05, 3.63) is 39.6 Å². The third-order valence-corrected chi connectivity index (χ3v) is 8.38. The van der Waals surface area contributed by atoms with Crippen molar-refractivity contribution in [2.45, 2.75) is 26.3 Å². The SMILES string of the molecule is Cc1nn(C2CCS(=O)(=O)C2)c(C)c1N1CCN(C(=O)Nc2ccc(Cl)c(Cl)c2)CC1. The van der Waals surface area contributed by atoms with Crippen LogP contribution in [-0.4, -0.2) is 66.8 Å². The largest absolute Gasteiger partial charge is 0.365 e. The molecule has 11 heteroatoms. The smallest absolute Gasteiger partial charge is 0.321 e. The van der Waals surface area contributed by atoms with E-state index in [9.17, 15) is 13.2 Å². The second-order valence-electron chi connectivity index (χ2n) is 8.05. The van der Waals surface area contributed by atoms with Gasteiger partial charge in [-0.3, -0.25) is 4.68 Å². The van der Waals surface area contributed by atoms with Crippen LogP contribution in [0.1, 0.15) is 23.9 Å². The average molecular weight is 486 g/mol. The molecule has 8 nitrogen and oxygen atoms in total. The van der Waals surface area contributed by atoms with E-state index in [1.165, 1.54) is 0 Å². The molecule has 1 atom stereocenters. The fraction of sp³-hybridized carbons (Fsp3) is 0.500. The predicted molar refractivity (Wildman–Crippen MR) is 123 cm³/mol. The van der Waals surface area contributed by atoms with Gasteiger partial charge in [0.1, 0.15) is 0 Å². The maximum Gasteiger partial charge on any atom is 0.321 e. The summed E-state index contributed by atoms with van der Waals surface area (Å²) in [5, 5.41) is 8.34. The van der Waals surface area contributed by atoms with Crippen molar-refractivity contribution in [1.82, 2.24) is 14.7 Å². The van der Waals surface area contributed by atoms with Gasteiger partial charge in [0, 0.05) is 31.9 Å². The van der Waals surface area contributed by atoms with Gasteiger partial charge < -0.3 is 15.1 Å². The van der Waals surface area contributed by atoms with Crippen molar-refractivity contribution < 1.29 is 13.2 Å². The molecule has 31 heavy (non-hydrogen) atoms. The number of urea groups is 1. The minimum absolute atomic E-state index is 0.101. The van der Waals surface area contributed by atoms with Gasteiger partial charge in [0.2, 0.25) is 0 Å². The molecule has 168 valence electrons. The number of nitrogens with zero attached hydrogens (tertiary/aromatic N) is 4. The zero-order valence-electron chi connectivity index (χ0n) is 17.4. The summed E-state index contributed by atoms with van der Waals surface area (Å²) in [7, 11) is -2.98. The van der Waals surface area contributed by atoms with Crippen LogP contribution in [0.5, 0.6) is 0 Å². The number of rotatable bonds is 3. The van der Waals surface area contributed by atoms with Crippen molar-refractivity contribution in [3.8, 4) is 0 Å². The number of aryl methyl sites for hydroxylation is 1. The second-order valence-corrected chi connectivity index (χ2v) is 11.1. The van der Waals surface area contributed by atoms with Crippen LogP contribution in [-0.2, 0) is 9.84 Å². The van der Waals surface area contributed by atoms with Gasteiger partial charge in [-0.2, -0.15) is 5.10 Å². The number of benzene rings is 1. The molecular weight excluding hydrogens is 461 g/mol. The van der Waals surface area contributed by atoms with E-state index in [0.29, 0.717) is 48.3 Å². The summed E-state index contributed by atoms with van der Waals surface area (Å²) >= 11 is 11.9. The fourth-order valence-corrected chi connectivity index (χ4v) is 6.34. The number of hydrogen-bond acceptors (Lipinski definition) is 5. The van der Waals surface area contributed by atoms with Crippen LogP contribution in [0.3, 0.4) is 0 Å². The quantitative estimate of drug-likeness (QED) is 0.718. The third kappa shape index (κ3) is 4.63. The lowest BCUT2D eigenvalue weighted by molar-refractivity contribution is 0.208. The standard InChI is InChI=1S/C20H25Cl2N5O3S/c1-13-19(14(2)27(24-13)16-5-10-31(29,30)12-16)25-6-8-26(9-7-25)20(28)23-15-3-4-17(21)18(22)11-15/h3-4,11,16H,5-10,12H2,1-2H3,(H,23,28). The van der Waals surface area contributed by atoms with E-state index in [0.717, 1.165) is 17.1 Å². The minimum atomic E-state index is -2.98. The van der Waals surface area contributed by atoms with Crippen LogP contribution < -0.4 is 10.2 Å². The minimum Gasteiger partial charge on any atom is -0.365 e. The highest BCUT2D eigenvalue weighted by Crippen LogP contribution is 2.32. The van der Waals surface area contributed by atoms with E-state index in [1.54, 1.807) is 23.1 Å². The first kappa shape index (κ1) is 22.2. The van der Waals surface area contributed by atoms with E-state index in [2.05, 4.69) is 15.3 Å². The lowest BCUT2D eigenvalue weighted by Crippen LogP contribution is -2.50. The van der Waals surface area contributed by atoms with Gasteiger partial charge in [-0.25, -0.2) is 13.2 Å². The van der Waals surface area contributed by atoms with Gasteiger partial charge in [-0.1, -0.05) is 23.2 Å². The Balaban J connectivity index is 1.41. The number of nitrogens with one attached hydrogen (secondary N) is 1. The molecule has 2 fully saturated rings. The summed E-state index contributed by atoms with van der Waals surface area (Å²) in [4.78, 5) is 16.6. The molecule has 1 aromatic carbocycles. The molecule has 0 saturated carbocycles. The lowest BCUT2D eigenvalue weighted by atomic mass is 10.2. The number of aromatic nitrogens is 2.